The monoisotopic (exact) mass is 266 g/mol. The van der Waals surface area contributed by atoms with Crippen molar-refractivity contribution in [3.05, 3.63) is 51.5 Å². The molecule has 7 heteroatoms. The van der Waals surface area contributed by atoms with Crippen LogP contribution in [-0.2, 0) is 0 Å². The Kier molecular flexibility index (Phi) is 3.29. The molecule has 0 aliphatic rings. The average molecular weight is 267 g/mol. The van der Waals surface area contributed by atoms with E-state index < -0.39 is 11.5 Å². The molecule has 2 aromatic rings. The molecule has 1 heterocycles. The molecule has 2 rings (SSSR count). The second kappa shape index (κ2) is 4.89. The average Bonchev–Trinajstić information content (AvgIpc) is 2.32. The standard InChI is InChI=1S/C11H7ClN2O4/c12-6-1-2-7(11(16)17)8(5-6)18-10-9(15)13-3-4-14-10/h1-5H,(H,13,15)(H,16,17). The van der Waals surface area contributed by atoms with Gasteiger partial charge in [0.05, 0.1) is 0 Å². The van der Waals surface area contributed by atoms with E-state index >= 15 is 0 Å². The third kappa shape index (κ3) is 2.49. The minimum Gasteiger partial charge on any atom is -0.478 e. The van der Waals surface area contributed by atoms with Gasteiger partial charge in [-0.25, -0.2) is 9.78 Å². The van der Waals surface area contributed by atoms with Crippen molar-refractivity contribution in [2.24, 2.45) is 0 Å². The smallest absolute Gasteiger partial charge is 0.339 e. The van der Waals surface area contributed by atoms with E-state index in [1.165, 1.54) is 30.6 Å². The summed E-state index contributed by atoms with van der Waals surface area (Å²) >= 11 is 5.75. The summed E-state index contributed by atoms with van der Waals surface area (Å²) in [5, 5.41) is 9.27. The normalized spacial score (nSPS) is 10.1. The van der Waals surface area contributed by atoms with Crippen LogP contribution in [0.3, 0.4) is 0 Å². The molecule has 2 N–H and O–H groups in total. The van der Waals surface area contributed by atoms with Gasteiger partial charge in [0.15, 0.2) is 0 Å². The van der Waals surface area contributed by atoms with Crippen LogP contribution < -0.4 is 10.3 Å². The number of aromatic nitrogens is 2. The zero-order chi connectivity index (χ0) is 13.1. The van der Waals surface area contributed by atoms with E-state index in [4.69, 9.17) is 21.4 Å². The van der Waals surface area contributed by atoms with E-state index in [1.807, 2.05) is 0 Å². The first-order valence-electron chi connectivity index (χ1n) is 4.82. The van der Waals surface area contributed by atoms with Crippen molar-refractivity contribution >= 4 is 17.6 Å². The molecule has 18 heavy (non-hydrogen) atoms. The van der Waals surface area contributed by atoms with Gasteiger partial charge in [-0.05, 0) is 12.1 Å². The first-order valence-corrected chi connectivity index (χ1v) is 5.20. The Balaban J connectivity index is 2.46. The first-order chi connectivity index (χ1) is 8.58. The van der Waals surface area contributed by atoms with Crippen LogP contribution in [0.5, 0.6) is 11.6 Å². The number of benzene rings is 1. The Morgan fingerprint density at radius 1 is 1.44 bits per heavy atom. The Bertz CT molecular complexity index is 653. The van der Waals surface area contributed by atoms with E-state index in [0.717, 1.165) is 0 Å². The Labute approximate surface area is 106 Å². The molecule has 0 unspecified atom stereocenters. The van der Waals surface area contributed by atoms with Gasteiger partial charge in [-0.15, -0.1) is 0 Å². The van der Waals surface area contributed by atoms with Gasteiger partial charge in [0, 0.05) is 23.5 Å². The number of ether oxygens (including phenoxy) is 1. The summed E-state index contributed by atoms with van der Waals surface area (Å²) in [6.45, 7) is 0. The van der Waals surface area contributed by atoms with Gasteiger partial charge in [0.1, 0.15) is 11.3 Å². The minimum atomic E-state index is -1.19. The number of hydrogen-bond acceptors (Lipinski definition) is 4. The van der Waals surface area contributed by atoms with Crippen molar-refractivity contribution in [1.29, 1.82) is 0 Å². The van der Waals surface area contributed by atoms with Crippen LogP contribution in [0, 0.1) is 0 Å². The van der Waals surface area contributed by atoms with Crippen molar-refractivity contribution in [3.8, 4) is 11.6 Å². The molecule has 6 nitrogen and oxygen atoms in total. The second-order valence-electron chi connectivity index (χ2n) is 3.27. The molecule has 1 aromatic heterocycles. The molecule has 0 aliphatic carbocycles. The van der Waals surface area contributed by atoms with E-state index in [9.17, 15) is 9.59 Å². The summed E-state index contributed by atoms with van der Waals surface area (Å²) in [6, 6.07) is 4.01. The number of aromatic carboxylic acids is 1. The molecule has 0 spiro atoms. The van der Waals surface area contributed by atoms with Crippen molar-refractivity contribution in [2.45, 2.75) is 0 Å². The maximum atomic E-state index is 11.4. The molecule has 0 aliphatic heterocycles. The minimum absolute atomic E-state index is 0.0424. The maximum absolute atomic E-state index is 11.4. The molecule has 0 radical (unpaired) electrons. The van der Waals surface area contributed by atoms with Gasteiger partial charge in [-0.3, -0.25) is 4.79 Å². The Morgan fingerprint density at radius 2 is 2.22 bits per heavy atom. The fourth-order valence-corrected chi connectivity index (χ4v) is 1.43. The van der Waals surface area contributed by atoms with E-state index in [1.54, 1.807) is 0 Å². The summed E-state index contributed by atoms with van der Waals surface area (Å²) in [6.07, 6.45) is 2.66. The Morgan fingerprint density at radius 3 is 2.89 bits per heavy atom. The van der Waals surface area contributed by atoms with Crippen LogP contribution in [0.15, 0.2) is 35.4 Å². The van der Waals surface area contributed by atoms with Crippen LogP contribution in [0.1, 0.15) is 10.4 Å². The predicted molar refractivity (Wildman–Crippen MR) is 63.3 cm³/mol. The highest BCUT2D eigenvalue weighted by Gasteiger charge is 2.14. The zero-order valence-electron chi connectivity index (χ0n) is 8.88. The van der Waals surface area contributed by atoms with E-state index in [-0.39, 0.29) is 17.2 Å². The lowest BCUT2D eigenvalue weighted by Crippen LogP contribution is -2.10. The van der Waals surface area contributed by atoms with Gasteiger partial charge in [-0.1, -0.05) is 11.6 Å². The lowest BCUT2D eigenvalue weighted by molar-refractivity contribution is 0.0694. The highest BCUT2D eigenvalue weighted by atomic mass is 35.5. The van der Waals surface area contributed by atoms with Gasteiger partial charge in [-0.2, -0.15) is 0 Å². The van der Waals surface area contributed by atoms with Crippen LogP contribution in [-0.4, -0.2) is 21.0 Å². The first kappa shape index (κ1) is 12.1. The number of carboxylic acids is 1. The van der Waals surface area contributed by atoms with E-state index in [2.05, 4.69) is 9.97 Å². The van der Waals surface area contributed by atoms with Crippen molar-refractivity contribution in [3.63, 3.8) is 0 Å². The molecule has 0 amide bonds. The number of carbonyl (C=O) groups is 1. The zero-order valence-corrected chi connectivity index (χ0v) is 9.64. The molecule has 0 fully saturated rings. The molecule has 0 saturated heterocycles. The summed E-state index contributed by atoms with van der Waals surface area (Å²) in [5.74, 6) is -1.48. The molecule has 0 atom stereocenters. The van der Waals surface area contributed by atoms with Crippen LogP contribution in [0.4, 0.5) is 0 Å². The Hall–Kier alpha value is -2.34. The van der Waals surface area contributed by atoms with Crippen LogP contribution >= 0.6 is 11.6 Å². The molecule has 1 aromatic carbocycles. The lowest BCUT2D eigenvalue weighted by Gasteiger charge is -2.07. The molecule has 92 valence electrons. The van der Waals surface area contributed by atoms with Crippen molar-refractivity contribution in [2.75, 3.05) is 0 Å². The highest BCUT2D eigenvalue weighted by molar-refractivity contribution is 6.30. The molecular weight excluding hydrogens is 260 g/mol. The number of carboxylic acid groups (broad SMARTS) is 1. The van der Waals surface area contributed by atoms with Gasteiger partial charge < -0.3 is 14.8 Å². The van der Waals surface area contributed by atoms with Crippen LogP contribution in [0.2, 0.25) is 5.02 Å². The second-order valence-corrected chi connectivity index (χ2v) is 3.71. The number of nitrogens with zero attached hydrogens (tertiary/aromatic N) is 1. The summed E-state index contributed by atoms with van der Waals surface area (Å²) in [5.41, 5.74) is -0.668. The van der Waals surface area contributed by atoms with Gasteiger partial charge >= 0.3 is 11.5 Å². The molecule has 0 bridgehead atoms. The quantitative estimate of drug-likeness (QED) is 0.885. The lowest BCUT2D eigenvalue weighted by atomic mass is 10.2. The van der Waals surface area contributed by atoms with Gasteiger partial charge in [0.25, 0.3) is 5.88 Å². The summed E-state index contributed by atoms with van der Waals surface area (Å²) < 4.78 is 5.16. The molecular formula is C11H7ClN2O4. The number of aromatic amines is 1. The SMILES string of the molecule is O=C(O)c1ccc(Cl)cc1Oc1ncc[nH]c1=O. The topological polar surface area (TPSA) is 92.3 Å². The fraction of sp³-hybridized carbons (Fsp3) is 0. The maximum Gasteiger partial charge on any atom is 0.339 e. The van der Waals surface area contributed by atoms with Crippen molar-refractivity contribution < 1.29 is 14.6 Å². The fourth-order valence-electron chi connectivity index (χ4n) is 1.27. The number of H-pyrrole nitrogens is 1. The van der Waals surface area contributed by atoms with Crippen LogP contribution in [0.25, 0.3) is 0 Å². The summed E-state index contributed by atoms with van der Waals surface area (Å²) in [7, 11) is 0. The largest absolute Gasteiger partial charge is 0.478 e. The number of halogens is 1. The van der Waals surface area contributed by atoms with E-state index in [0.29, 0.717) is 5.02 Å². The third-order valence-corrected chi connectivity index (χ3v) is 2.29. The highest BCUT2D eigenvalue weighted by Crippen LogP contribution is 2.26. The van der Waals surface area contributed by atoms with Crippen molar-refractivity contribution in [1.82, 2.24) is 9.97 Å². The summed E-state index contributed by atoms with van der Waals surface area (Å²) in [4.78, 5) is 28.4. The molecule has 0 saturated carbocycles. The number of rotatable bonds is 3. The number of nitrogens with one attached hydrogen (secondary N) is 1. The van der Waals surface area contributed by atoms with Gasteiger partial charge in [0.2, 0.25) is 0 Å². The predicted octanol–water partition coefficient (Wildman–Crippen LogP) is 1.91. The number of hydrogen-bond donors (Lipinski definition) is 2. The third-order valence-electron chi connectivity index (χ3n) is 2.06.